The molecule has 0 aliphatic carbocycles. The highest BCUT2D eigenvalue weighted by molar-refractivity contribution is 5.96. The maximum absolute atomic E-state index is 13.7. The number of para-hydroxylation sites is 1. The normalized spacial score (nSPS) is 14.2. The van der Waals surface area contributed by atoms with Gasteiger partial charge in [0.05, 0.1) is 6.04 Å². The molecule has 5 atom stereocenters. The third-order valence-corrected chi connectivity index (χ3v) is 7.92. The van der Waals surface area contributed by atoms with Crippen LogP contribution >= 0.6 is 0 Å². The first-order chi connectivity index (χ1) is 23.5. The Balaban J connectivity index is 2.26. The Morgan fingerprint density at radius 3 is 2.04 bits per heavy atom. The minimum atomic E-state index is -1.32. The average molecular weight is 701 g/mol. The predicted octanol–water partition coefficient (Wildman–Crippen LogP) is -0.917. The van der Waals surface area contributed by atoms with Crippen LogP contribution in [0.5, 0.6) is 0 Å². The second-order valence-corrected chi connectivity index (χ2v) is 13.0. The van der Waals surface area contributed by atoms with Crippen LogP contribution in [0.25, 0.3) is 10.9 Å². The summed E-state index contributed by atoms with van der Waals surface area (Å²) in [5, 5.41) is 21.3. The Kier molecular flexibility index (Phi) is 16.2. The number of carboxylic acid groups (broad SMARTS) is 1. The number of nitrogens with two attached hydrogens (primary N) is 4. The van der Waals surface area contributed by atoms with Crippen LogP contribution in [0.15, 0.2) is 35.5 Å². The van der Waals surface area contributed by atoms with Crippen LogP contribution in [0.2, 0.25) is 0 Å². The number of aliphatic imine (C=N–C) groups is 1. The van der Waals surface area contributed by atoms with Gasteiger partial charge >= 0.3 is 5.97 Å². The number of aliphatic carboxylic acids is 1. The number of fused-ring (bicyclic) bond motifs is 1. The number of nitrogens with one attached hydrogen (secondary N) is 5. The van der Waals surface area contributed by atoms with Gasteiger partial charge in [0.2, 0.25) is 29.5 Å². The number of carbonyl (C=O) groups is 6. The van der Waals surface area contributed by atoms with Crippen molar-refractivity contribution in [2.75, 3.05) is 6.54 Å². The summed E-state index contributed by atoms with van der Waals surface area (Å²) in [6, 6.07) is 1.52. The Morgan fingerprint density at radius 1 is 0.820 bits per heavy atom. The molecule has 17 heteroatoms. The van der Waals surface area contributed by atoms with E-state index in [0.29, 0.717) is 5.56 Å². The predicted molar refractivity (Wildman–Crippen MR) is 188 cm³/mol. The molecule has 2 aromatic rings. The second kappa shape index (κ2) is 19.7. The van der Waals surface area contributed by atoms with Crippen LogP contribution in [0.1, 0.15) is 65.4 Å². The highest BCUT2D eigenvalue weighted by Gasteiger charge is 2.33. The van der Waals surface area contributed by atoms with E-state index >= 15 is 0 Å². The van der Waals surface area contributed by atoms with Crippen LogP contribution < -0.4 is 44.2 Å². The number of carbonyl (C=O) groups excluding carboxylic acids is 5. The monoisotopic (exact) mass is 700 g/mol. The number of aromatic amines is 1. The van der Waals surface area contributed by atoms with Gasteiger partial charge in [0.1, 0.15) is 24.2 Å². The van der Waals surface area contributed by atoms with Gasteiger partial charge in [-0.3, -0.25) is 29.0 Å². The van der Waals surface area contributed by atoms with Crippen LogP contribution in [-0.4, -0.2) is 88.3 Å². The van der Waals surface area contributed by atoms with Crippen LogP contribution in [0, 0.1) is 11.8 Å². The van der Waals surface area contributed by atoms with E-state index in [0.717, 1.165) is 10.9 Å². The molecular formula is C33H52N10O7. The summed E-state index contributed by atoms with van der Waals surface area (Å²) in [5.74, 6) is -5.30. The van der Waals surface area contributed by atoms with Crippen molar-refractivity contribution in [2.45, 2.75) is 96.4 Å². The largest absolute Gasteiger partial charge is 0.480 e. The summed E-state index contributed by atoms with van der Waals surface area (Å²) in [4.78, 5) is 83.9. The van der Waals surface area contributed by atoms with E-state index in [2.05, 4.69) is 31.2 Å². The number of carboxylic acids is 1. The molecule has 1 heterocycles. The molecule has 0 aliphatic heterocycles. The molecule has 0 bridgehead atoms. The molecule has 1 aromatic carbocycles. The number of benzene rings is 1. The molecule has 0 saturated carbocycles. The summed E-state index contributed by atoms with van der Waals surface area (Å²) in [7, 11) is 0. The molecule has 5 amide bonds. The van der Waals surface area contributed by atoms with E-state index in [1.807, 2.05) is 38.1 Å². The molecule has 276 valence electrons. The topological polar surface area (TPSA) is 303 Å². The summed E-state index contributed by atoms with van der Waals surface area (Å²) in [6.07, 6.45) is 2.01. The first-order valence-electron chi connectivity index (χ1n) is 16.6. The molecule has 0 spiro atoms. The average Bonchev–Trinajstić information content (AvgIpc) is 3.44. The molecule has 2 rings (SSSR count). The number of aromatic nitrogens is 1. The lowest BCUT2D eigenvalue weighted by Gasteiger charge is -2.28. The molecule has 0 unspecified atom stereocenters. The van der Waals surface area contributed by atoms with Crippen molar-refractivity contribution in [1.82, 2.24) is 26.3 Å². The molecular weight excluding hydrogens is 648 g/mol. The zero-order chi connectivity index (χ0) is 37.5. The molecule has 0 fully saturated rings. The maximum atomic E-state index is 13.7. The number of hydrogen-bond acceptors (Lipinski definition) is 8. The fraction of sp³-hybridized carbons (Fsp3) is 0.545. The number of H-pyrrole nitrogens is 1. The molecule has 17 nitrogen and oxygen atoms in total. The van der Waals surface area contributed by atoms with E-state index in [4.69, 9.17) is 22.9 Å². The minimum Gasteiger partial charge on any atom is -0.480 e. The van der Waals surface area contributed by atoms with E-state index in [-0.39, 0.29) is 56.9 Å². The zero-order valence-corrected chi connectivity index (χ0v) is 29.0. The van der Waals surface area contributed by atoms with Crippen molar-refractivity contribution >= 4 is 52.4 Å². The van der Waals surface area contributed by atoms with Gasteiger partial charge in [-0.15, -0.1) is 0 Å². The van der Waals surface area contributed by atoms with Gasteiger partial charge in [-0.25, -0.2) is 4.79 Å². The lowest BCUT2D eigenvalue weighted by Crippen LogP contribution is -2.59. The van der Waals surface area contributed by atoms with Crippen molar-refractivity contribution in [3.05, 3.63) is 36.0 Å². The smallest absolute Gasteiger partial charge is 0.326 e. The number of guanidine groups is 1. The maximum Gasteiger partial charge on any atom is 0.326 e. The zero-order valence-electron chi connectivity index (χ0n) is 29.0. The third kappa shape index (κ3) is 13.4. The Hall–Kier alpha value is -5.19. The van der Waals surface area contributed by atoms with Crippen molar-refractivity contribution in [3.63, 3.8) is 0 Å². The van der Waals surface area contributed by atoms with Crippen molar-refractivity contribution in [3.8, 4) is 0 Å². The lowest BCUT2D eigenvalue weighted by atomic mass is 9.99. The standard InChI is InChI=1S/C33H52N10O7/c1-17(2)14-24(41-31(48)27(18(3)4)43-28(45)21(34)11-12-26(35)44)30(47)40-23(10-7-13-38-33(36)37)29(46)42-25(32(49)50)15-19-16-39-22-9-6-5-8-20(19)22/h5-6,8-9,16-18,21,23-25,27,39H,7,10-15,34H2,1-4H3,(H2,35,44)(H,40,47)(H,41,48)(H,42,46)(H,43,45)(H,49,50)(H4,36,37,38)/t21-,23-,24-,25-,27-/m0/s1. The van der Waals surface area contributed by atoms with Crippen LogP contribution in [-0.2, 0) is 35.2 Å². The highest BCUT2D eigenvalue weighted by Crippen LogP contribution is 2.19. The Labute approximate surface area is 291 Å². The van der Waals surface area contributed by atoms with E-state index < -0.39 is 71.6 Å². The van der Waals surface area contributed by atoms with Crippen LogP contribution in [0.4, 0.5) is 0 Å². The Bertz CT molecular complexity index is 1520. The number of primary amides is 1. The van der Waals surface area contributed by atoms with E-state index in [9.17, 15) is 33.9 Å². The fourth-order valence-electron chi connectivity index (χ4n) is 5.23. The van der Waals surface area contributed by atoms with E-state index in [1.54, 1.807) is 20.0 Å². The summed E-state index contributed by atoms with van der Waals surface area (Å²) >= 11 is 0. The quantitative estimate of drug-likeness (QED) is 0.0434. The summed E-state index contributed by atoms with van der Waals surface area (Å²) < 4.78 is 0. The number of amides is 5. The van der Waals surface area contributed by atoms with Gasteiger partial charge in [0.25, 0.3) is 0 Å². The molecule has 0 saturated heterocycles. The first-order valence-corrected chi connectivity index (χ1v) is 16.6. The number of rotatable bonds is 21. The second-order valence-electron chi connectivity index (χ2n) is 13.0. The van der Waals surface area contributed by atoms with Gasteiger partial charge in [0.15, 0.2) is 5.96 Å². The lowest BCUT2D eigenvalue weighted by molar-refractivity contribution is -0.142. The van der Waals surface area contributed by atoms with Gasteiger partial charge in [-0.2, -0.15) is 0 Å². The van der Waals surface area contributed by atoms with Crippen molar-refractivity contribution in [2.24, 2.45) is 39.8 Å². The van der Waals surface area contributed by atoms with Crippen molar-refractivity contribution < 1.29 is 33.9 Å². The number of nitrogens with zero attached hydrogens (tertiary/aromatic N) is 1. The van der Waals surface area contributed by atoms with Gasteiger partial charge in [-0.05, 0) is 49.1 Å². The number of hydrogen-bond donors (Lipinski definition) is 10. The molecule has 50 heavy (non-hydrogen) atoms. The van der Waals surface area contributed by atoms with E-state index in [1.165, 1.54) is 0 Å². The molecule has 1 aromatic heterocycles. The fourth-order valence-corrected chi connectivity index (χ4v) is 5.23. The van der Waals surface area contributed by atoms with Gasteiger partial charge in [0, 0.05) is 36.5 Å². The van der Waals surface area contributed by atoms with Crippen LogP contribution in [0.3, 0.4) is 0 Å². The minimum absolute atomic E-state index is 0.0108. The highest BCUT2D eigenvalue weighted by atomic mass is 16.4. The molecule has 0 radical (unpaired) electrons. The third-order valence-electron chi connectivity index (χ3n) is 7.92. The Morgan fingerprint density at radius 2 is 1.44 bits per heavy atom. The molecule has 14 N–H and O–H groups in total. The van der Waals surface area contributed by atoms with Gasteiger partial charge < -0.3 is 54.3 Å². The summed E-state index contributed by atoms with van der Waals surface area (Å²) in [5.41, 5.74) is 23.4. The molecule has 0 aliphatic rings. The van der Waals surface area contributed by atoms with Gasteiger partial charge in [-0.1, -0.05) is 45.9 Å². The SMILES string of the molecule is CC(C)C[C@H](NC(=O)[C@@H](NC(=O)[C@@H](N)CCC(N)=O)C(C)C)C(=O)N[C@@H](CCCN=C(N)N)C(=O)N[C@@H](Cc1c[nH]c2ccccc12)C(=O)O. The summed E-state index contributed by atoms with van der Waals surface area (Å²) in [6.45, 7) is 7.22. The first kappa shape index (κ1) is 41.0. The van der Waals surface area contributed by atoms with Crippen molar-refractivity contribution in [1.29, 1.82) is 0 Å².